The molecule has 1 unspecified atom stereocenters. The van der Waals surface area contributed by atoms with Crippen molar-refractivity contribution in [3.63, 3.8) is 0 Å². The number of carbonyl (C=O) groups excluding carboxylic acids is 1. The number of anilines is 2. The van der Waals surface area contributed by atoms with E-state index in [1.165, 1.54) is 12.1 Å². The van der Waals surface area contributed by atoms with Crippen LogP contribution in [0, 0.1) is 16.0 Å². The zero-order chi connectivity index (χ0) is 15.8. The van der Waals surface area contributed by atoms with Crippen molar-refractivity contribution in [2.24, 2.45) is 5.92 Å². The van der Waals surface area contributed by atoms with Crippen LogP contribution in [0.2, 0.25) is 0 Å². The molecule has 0 radical (unpaired) electrons. The Kier molecular flexibility index (Phi) is 3.81. The molecule has 1 aliphatic rings. The van der Waals surface area contributed by atoms with Crippen molar-refractivity contribution in [3.05, 3.63) is 28.3 Å². The molecule has 10 heteroatoms. The maximum atomic E-state index is 12.7. The summed E-state index contributed by atoms with van der Waals surface area (Å²) in [6.07, 6.45) is -0.148. The molecular formula is C11H12FN3O5S. The van der Waals surface area contributed by atoms with Gasteiger partial charge in [-0.15, -0.1) is 3.89 Å². The van der Waals surface area contributed by atoms with Gasteiger partial charge in [-0.25, -0.2) is 0 Å². The summed E-state index contributed by atoms with van der Waals surface area (Å²) in [6, 6.07) is 3.63. The third-order valence-corrected chi connectivity index (χ3v) is 4.03. The van der Waals surface area contributed by atoms with E-state index in [1.54, 1.807) is 0 Å². The third-order valence-electron chi connectivity index (χ3n) is 3.16. The first kappa shape index (κ1) is 15.2. The first-order valence-corrected chi connectivity index (χ1v) is 7.49. The number of nitrogens with two attached hydrogens (primary N) is 1. The molecule has 0 saturated carbocycles. The summed E-state index contributed by atoms with van der Waals surface area (Å²) in [5.41, 5.74) is 5.74. The molecule has 1 aliphatic heterocycles. The molecule has 1 saturated heterocycles. The van der Waals surface area contributed by atoms with Gasteiger partial charge in [0, 0.05) is 31.0 Å². The zero-order valence-electron chi connectivity index (χ0n) is 10.7. The lowest BCUT2D eigenvalue weighted by molar-refractivity contribution is -0.384. The highest BCUT2D eigenvalue weighted by molar-refractivity contribution is 7.86. The number of nitrogens with zero attached hydrogens (tertiary/aromatic N) is 2. The molecule has 8 nitrogen and oxygen atoms in total. The first-order chi connectivity index (χ1) is 9.67. The summed E-state index contributed by atoms with van der Waals surface area (Å²) in [4.78, 5) is 23.2. The highest BCUT2D eigenvalue weighted by atomic mass is 32.3. The summed E-state index contributed by atoms with van der Waals surface area (Å²) in [7, 11) is -4.69. The molecular weight excluding hydrogens is 305 g/mol. The van der Waals surface area contributed by atoms with E-state index in [1.807, 2.05) is 0 Å². The van der Waals surface area contributed by atoms with E-state index in [0.717, 1.165) is 11.0 Å². The van der Waals surface area contributed by atoms with E-state index in [9.17, 15) is 27.2 Å². The Labute approximate surface area is 119 Å². The predicted molar refractivity (Wildman–Crippen MR) is 72.9 cm³/mol. The fraction of sp³-hybridized carbons (Fsp3) is 0.364. The second-order valence-electron chi connectivity index (χ2n) is 4.78. The lowest BCUT2D eigenvalue weighted by Crippen LogP contribution is -2.26. The van der Waals surface area contributed by atoms with Gasteiger partial charge in [0.05, 0.1) is 22.1 Å². The van der Waals surface area contributed by atoms with E-state index in [2.05, 4.69) is 0 Å². The SMILES string of the molecule is Nc1ccc([N+](=O)[O-])cc1N1CC(CS(=O)(=O)F)CC1=O. The molecule has 1 fully saturated rings. The molecule has 114 valence electrons. The topological polar surface area (TPSA) is 124 Å². The standard InChI is InChI=1S/C11H12FN3O5S/c12-21(19,20)6-7-3-11(16)14(5-7)10-4-8(15(17)18)1-2-9(10)13/h1-2,4,7H,3,5-6,13H2. The number of benzene rings is 1. The van der Waals surface area contributed by atoms with Crippen LogP contribution in [0.1, 0.15) is 6.42 Å². The Morgan fingerprint density at radius 2 is 2.14 bits per heavy atom. The van der Waals surface area contributed by atoms with E-state index in [4.69, 9.17) is 5.73 Å². The molecule has 1 aromatic rings. The molecule has 1 heterocycles. The fourth-order valence-electron chi connectivity index (χ4n) is 2.29. The van der Waals surface area contributed by atoms with Gasteiger partial charge in [-0.1, -0.05) is 0 Å². The molecule has 0 bridgehead atoms. The van der Waals surface area contributed by atoms with Crippen LogP contribution in [0.15, 0.2) is 18.2 Å². The first-order valence-electron chi connectivity index (χ1n) is 5.94. The molecule has 1 atom stereocenters. The van der Waals surface area contributed by atoms with Gasteiger partial charge in [0.15, 0.2) is 0 Å². The summed E-state index contributed by atoms with van der Waals surface area (Å²) in [5.74, 6) is -1.91. The molecule has 0 spiro atoms. The van der Waals surface area contributed by atoms with Gasteiger partial charge in [-0.05, 0) is 6.07 Å². The van der Waals surface area contributed by atoms with Gasteiger partial charge in [-0.2, -0.15) is 8.42 Å². The molecule has 0 aliphatic carbocycles. The van der Waals surface area contributed by atoms with Gasteiger partial charge < -0.3 is 10.6 Å². The average molecular weight is 317 g/mol. The fourth-order valence-corrected chi connectivity index (χ4v) is 3.07. The van der Waals surface area contributed by atoms with Crippen LogP contribution >= 0.6 is 0 Å². The summed E-state index contributed by atoms with van der Waals surface area (Å²) < 4.78 is 33.9. The third kappa shape index (κ3) is 3.45. The Bertz CT molecular complexity index is 706. The van der Waals surface area contributed by atoms with Crippen molar-refractivity contribution in [2.75, 3.05) is 22.9 Å². The van der Waals surface area contributed by atoms with Gasteiger partial charge >= 0.3 is 10.2 Å². The largest absolute Gasteiger partial charge is 0.397 e. The Morgan fingerprint density at radius 3 is 2.71 bits per heavy atom. The van der Waals surface area contributed by atoms with E-state index < -0.39 is 32.7 Å². The average Bonchev–Trinajstić information content (AvgIpc) is 2.67. The minimum atomic E-state index is -4.69. The van der Waals surface area contributed by atoms with Crippen LogP contribution in [0.3, 0.4) is 0 Å². The number of rotatable bonds is 4. The molecule has 1 amide bonds. The summed E-state index contributed by atoms with van der Waals surface area (Å²) in [6.45, 7) is -0.0483. The van der Waals surface area contributed by atoms with Gasteiger partial charge in [0.2, 0.25) is 5.91 Å². The smallest absolute Gasteiger partial charge is 0.302 e. The van der Waals surface area contributed by atoms with Crippen molar-refractivity contribution in [2.45, 2.75) is 6.42 Å². The van der Waals surface area contributed by atoms with E-state index in [0.29, 0.717) is 0 Å². The maximum Gasteiger partial charge on any atom is 0.302 e. The van der Waals surface area contributed by atoms with Gasteiger partial charge in [0.25, 0.3) is 5.69 Å². The Morgan fingerprint density at radius 1 is 1.48 bits per heavy atom. The lowest BCUT2D eigenvalue weighted by atomic mass is 10.1. The van der Waals surface area contributed by atoms with Crippen LogP contribution in [-0.2, 0) is 15.0 Å². The normalized spacial score (nSPS) is 19.0. The zero-order valence-corrected chi connectivity index (χ0v) is 11.5. The second-order valence-corrected chi connectivity index (χ2v) is 6.19. The number of carbonyl (C=O) groups is 1. The number of amides is 1. The maximum absolute atomic E-state index is 12.7. The van der Waals surface area contributed by atoms with Crippen LogP contribution < -0.4 is 10.6 Å². The van der Waals surface area contributed by atoms with Crippen LogP contribution in [0.4, 0.5) is 20.9 Å². The monoisotopic (exact) mass is 317 g/mol. The van der Waals surface area contributed by atoms with Crippen molar-refractivity contribution in [3.8, 4) is 0 Å². The summed E-state index contributed by atoms with van der Waals surface area (Å²) in [5, 5.41) is 10.7. The number of nitro benzene ring substituents is 1. The quantitative estimate of drug-likeness (QED) is 0.379. The van der Waals surface area contributed by atoms with E-state index in [-0.39, 0.29) is 30.0 Å². The highest BCUT2D eigenvalue weighted by Gasteiger charge is 2.34. The number of nitro groups is 1. The molecule has 0 aromatic heterocycles. The highest BCUT2D eigenvalue weighted by Crippen LogP contribution is 2.33. The number of hydrogen-bond donors (Lipinski definition) is 1. The molecule has 2 rings (SSSR count). The molecule has 1 aromatic carbocycles. The van der Waals surface area contributed by atoms with Crippen LogP contribution in [-0.4, -0.2) is 31.5 Å². The minimum Gasteiger partial charge on any atom is -0.397 e. The number of hydrogen-bond acceptors (Lipinski definition) is 6. The van der Waals surface area contributed by atoms with Gasteiger partial charge in [0.1, 0.15) is 0 Å². The van der Waals surface area contributed by atoms with Crippen LogP contribution in [0.5, 0.6) is 0 Å². The van der Waals surface area contributed by atoms with Gasteiger partial charge in [-0.3, -0.25) is 14.9 Å². The minimum absolute atomic E-state index is 0.0483. The second kappa shape index (κ2) is 5.28. The predicted octanol–water partition coefficient (Wildman–Crippen LogP) is 0.829. The van der Waals surface area contributed by atoms with Crippen molar-refractivity contribution >= 4 is 33.2 Å². The Hall–Kier alpha value is -2.23. The Balaban J connectivity index is 2.28. The summed E-state index contributed by atoms with van der Waals surface area (Å²) >= 11 is 0. The van der Waals surface area contributed by atoms with Crippen molar-refractivity contribution < 1.29 is 22.0 Å². The number of halogens is 1. The van der Waals surface area contributed by atoms with Crippen molar-refractivity contribution in [1.82, 2.24) is 0 Å². The van der Waals surface area contributed by atoms with E-state index >= 15 is 0 Å². The van der Waals surface area contributed by atoms with Crippen LogP contribution in [0.25, 0.3) is 0 Å². The molecule has 2 N–H and O–H groups in total. The number of nitrogen functional groups attached to an aromatic ring is 1. The lowest BCUT2D eigenvalue weighted by Gasteiger charge is -2.18. The number of non-ortho nitro benzene ring substituents is 1. The molecule has 21 heavy (non-hydrogen) atoms. The van der Waals surface area contributed by atoms with Crippen molar-refractivity contribution in [1.29, 1.82) is 0 Å².